The minimum atomic E-state index is 0.585. The van der Waals surface area contributed by atoms with Crippen molar-refractivity contribution in [2.45, 2.75) is 25.4 Å². The lowest BCUT2D eigenvalue weighted by molar-refractivity contribution is 0.489. The van der Waals surface area contributed by atoms with E-state index < -0.39 is 0 Å². The first kappa shape index (κ1) is 7.80. The van der Waals surface area contributed by atoms with Crippen LogP contribution in [0.25, 0.3) is 0 Å². The molecule has 1 fully saturated rings. The van der Waals surface area contributed by atoms with E-state index >= 15 is 0 Å². The van der Waals surface area contributed by atoms with Crippen LogP contribution in [0.3, 0.4) is 0 Å². The topological polar surface area (TPSA) is 0 Å². The zero-order valence-corrected chi connectivity index (χ0v) is 7.94. The fourth-order valence-corrected chi connectivity index (χ4v) is 3.27. The average Bonchev–Trinajstić information content (AvgIpc) is 1.78. The SMILES string of the molecule is CC1SCC(C)(C)CS1. The van der Waals surface area contributed by atoms with Gasteiger partial charge < -0.3 is 0 Å². The van der Waals surface area contributed by atoms with E-state index in [2.05, 4.69) is 44.3 Å². The summed E-state index contributed by atoms with van der Waals surface area (Å²) < 4.78 is 0.832. The van der Waals surface area contributed by atoms with E-state index in [1.165, 1.54) is 11.5 Å². The Labute approximate surface area is 66.2 Å². The third-order valence-electron chi connectivity index (χ3n) is 1.42. The van der Waals surface area contributed by atoms with Gasteiger partial charge in [-0.1, -0.05) is 13.8 Å². The van der Waals surface area contributed by atoms with E-state index in [1.54, 1.807) is 0 Å². The summed E-state index contributed by atoms with van der Waals surface area (Å²) in [6, 6.07) is 0. The van der Waals surface area contributed by atoms with Crippen molar-refractivity contribution < 1.29 is 0 Å². The van der Waals surface area contributed by atoms with Crippen molar-refractivity contribution in [3.63, 3.8) is 0 Å². The minimum Gasteiger partial charge on any atom is -0.147 e. The van der Waals surface area contributed by atoms with E-state index in [-0.39, 0.29) is 0 Å². The molecule has 0 bridgehead atoms. The summed E-state index contributed by atoms with van der Waals surface area (Å²) in [6.07, 6.45) is 0. The second kappa shape index (κ2) is 2.75. The molecule has 0 nitrogen and oxygen atoms in total. The van der Waals surface area contributed by atoms with Gasteiger partial charge in [-0.15, -0.1) is 23.5 Å². The summed E-state index contributed by atoms with van der Waals surface area (Å²) in [4.78, 5) is 0. The lowest BCUT2D eigenvalue weighted by atomic mass is 10.0. The molecular formula is C7H14S2. The molecule has 0 aromatic carbocycles. The fraction of sp³-hybridized carbons (Fsp3) is 1.00. The summed E-state index contributed by atoms with van der Waals surface area (Å²) in [5, 5.41) is 0. The first-order valence-electron chi connectivity index (χ1n) is 3.33. The Kier molecular flexibility index (Phi) is 2.38. The third-order valence-corrected chi connectivity index (χ3v) is 5.07. The number of hydrogen-bond acceptors (Lipinski definition) is 2. The van der Waals surface area contributed by atoms with Crippen molar-refractivity contribution in [2.24, 2.45) is 5.41 Å². The fourth-order valence-electron chi connectivity index (χ4n) is 0.776. The summed E-state index contributed by atoms with van der Waals surface area (Å²) in [5.74, 6) is 2.67. The molecule has 1 saturated heterocycles. The van der Waals surface area contributed by atoms with Crippen LogP contribution in [-0.4, -0.2) is 16.1 Å². The van der Waals surface area contributed by atoms with Gasteiger partial charge in [0.15, 0.2) is 0 Å². The average molecular weight is 162 g/mol. The molecule has 0 aliphatic carbocycles. The molecule has 1 aliphatic rings. The highest BCUT2D eigenvalue weighted by molar-refractivity contribution is 8.17. The van der Waals surface area contributed by atoms with Gasteiger partial charge in [-0.05, 0) is 12.3 Å². The maximum absolute atomic E-state index is 2.35. The summed E-state index contributed by atoms with van der Waals surface area (Å²) in [5.41, 5.74) is 0.585. The molecule has 1 aliphatic heterocycles. The van der Waals surface area contributed by atoms with Crippen LogP contribution < -0.4 is 0 Å². The van der Waals surface area contributed by atoms with E-state index in [0.29, 0.717) is 5.41 Å². The van der Waals surface area contributed by atoms with E-state index in [4.69, 9.17) is 0 Å². The van der Waals surface area contributed by atoms with Gasteiger partial charge in [0.05, 0.1) is 0 Å². The second-order valence-corrected chi connectivity index (χ2v) is 6.31. The molecule has 0 aromatic rings. The van der Waals surface area contributed by atoms with Gasteiger partial charge in [-0.2, -0.15) is 0 Å². The van der Waals surface area contributed by atoms with E-state index in [1.807, 2.05) is 0 Å². The standard InChI is InChI=1S/C7H14S2/c1-6-8-4-7(2,3)5-9-6/h6H,4-5H2,1-3H3. The Balaban J connectivity index is 2.35. The second-order valence-electron chi connectivity index (χ2n) is 3.35. The van der Waals surface area contributed by atoms with Crippen LogP contribution >= 0.6 is 23.5 Å². The van der Waals surface area contributed by atoms with Crippen LogP contribution in [0.4, 0.5) is 0 Å². The van der Waals surface area contributed by atoms with Gasteiger partial charge in [0.2, 0.25) is 0 Å². The van der Waals surface area contributed by atoms with Gasteiger partial charge in [0, 0.05) is 16.1 Å². The van der Waals surface area contributed by atoms with Gasteiger partial charge >= 0.3 is 0 Å². The van der Waals surface area contributed by atoms with Crippen LogP contribution in [-0.2, 0) is 0 Å². The lowest BCUT2D eigenvalue weighted by Crippen LogP contribution is -2.24. The molecule has 0 atom stereocenters. The molecule has 0 aromatic heterocycles. The van der Waals surface area contributed by atoms with Crippen molar-refractivity contribution in [3.8, 4) is 0 Å². The van der Waals surface area contributed by atoms with Crippen molar-refractivity contribution >= 4 is 23.5 Å². The van der Waals surface area contributed by atoms with Gasteiger partial charge in [0.1, 0.15) is 0 Å². The van der Waals surface area contributed by atoms with Crippen LogP contribution in [0.15, 0.2) is 0 Å². The first-order valence-corrected chi connectivity index (χ1v) is 5.43. The lowest BCUT2D eigenvalue weighted by Gasteiger charge is -2.31. The molecule has 2 heteroatoms. The molecule has 1 rings (SSSR count). The zero-order valence-electron chi connectivity index (χ0n) is 6.31. The normalized spacial score (nSPS) is 28.3. The zero-order chi connectivity index (χ0) is 6.91. The van der Waals surface area contributed by atoms with Gasteiger partial charge in [-0.3, -0.25) is 0 Å². The van der Waals surface area contributed by atoms with Crippen LogP contribution in [0.2, 0.25) is 0 Å². The Morgan fingerprint density at radius 2 is 1.67 bits per heavy atom. The molecule has 9 heavy (non-hydrogen) atoms. The number of thioether (sulfide) groups is 2. The van der Waals surface area contributed by atoms with Gasteiger partial charge in [-0.25, -0.2) is 0 Å². The van der Waals surface area contributed by atoms with Gasteiger partial charge in [0.25, 0.3) is 0 Å². The third kappa shape index (κ3) is 2.42. The molecular weight excluding hydrogens is 148 g/mol. The molecule has 54 valence electrons. The van der Waals surface area contributed by atoms with Crippen LogP contribution in [0.1, 0.15) is 20.8 Å². The number of rotatable bonds is 0. The summed E-state index contributed by atoms with van der Waals surface area (Å²) >= 11 is 4.18. The highest BCUT2D eigenvalue weighted by Crippen LogP contribution is 2.39. The van der Waals surface area contributed by atoms with Crippen LogP contribution in [0, 0.1) is 5.41 Å². The molecule has 0 N–H and O–H groups in total. The predicted molar refractivity (Wildman–Crippen MR) is 48.2 cm³/mol. The Hall–Kier alpha value is 0.700. The molecule has 1 heterocycles. The van der Waals surface area contributed by atoms with E-state index in [0.717, 1.165) is 4.58 Å². The predicted octanol–water partition coefficient (Wildman–Crippen LogP) is 2.84. The monoisotopic (exact) mass is 162 g/mol. The molecule has 0 radical (unpaired) electrons. The summed E-state index contributed by atoms with van der Waals surface area (Å²) in [6.45, 7) is 6.99. The van der Waals surface area contributed by atoms with Crippen molar-refractivity contribution in [1.29, 1.82) is 0 Å². The summed E-state index contributed by atoms with van der Waals surface area (Å²) in [7, 11) is 0. The minimum absolute atomic E-state index is 0.585. The van der Waals surface area contributed by atoms with Crippen LogP contribution in [0.5, 0.6) is 0 Å². The molecule has 0 unspecified atom stereocenters. The quantitative estimate of drug-likeness (QED) is 0.537. The molecule has 0 spiro atoms. The van der Waals surface area contributed by atoms with Crippen molar-refractivity contribution in [3.05, 3.63) is 0 Å². The Bertz CT molecular complexity index is 89.1. The largest absolute Gasteiger partial charge is 0.147 e. The molecule has 0 amide bonds. The smallest absolute Gasteiger partial charge is 0.0474 e. The van der Waals surface area contributed by atoms with E-state index in [9.17, 15) is 0 Å². The first-order chi connectivity index (χ1) is 4.10. The number of hydrogen-bond donors (Lipinski definition) is 0. The highest BCUT2D eigenvalue weighted by Gasteiger charge is 2.25. The Morgan fingerprint density at radius 3 is 2.00 bits per heavy atom. The maximum Gasteiger partial charge on any atom is 0.0474 e. The van der Waals surface area contributed by atoms with Crippen molar-refractivity contribution in [2.75, 3.05) is 11.5 Å². The molecule has 0 saturated carbocycles. The van der Waals surface area contributed by atoms with Crippen molar-refractivity contribution in [1.82, 2.24) is 0 Å². The maximum atomic E-state index is 2.35. The Morgan fingerprint density at radius 1 is 1.22 bits per heavy atom. The highest BCUT2D eigenvalue weighted by atomic mass is 32.2.